The predicted molar refractivity (Wildman–Crippen MR) is 158 cm³/mol. The Morgan fingerprint density at radius 3 is 1.84 bits per heavy atom. The van der Waals surface area contributed by atoms with Gasteiger partial charge in [-0.25, -0.2) is 0 Å². The second-order valence-corrected chi connectivity index (χ2v) is 10.5. The van der Waals surface area contributed by atoms with Crippen molar-refractivity contribution >= 4 is 86.2 Å². The highest BCUT2D eigenvalue weighted by atomic mass is 14.3. The lowest BCUT2D eigenvalue weighted by Crippen LogP contribution is -1.83. The van der Waals surface area contributed by atoms with Crippen LogP contribution in [-0.2, 0) is 0 Å². The molecule has 1 heteroatoms. The van der Waals surface area contributed by atoms with Crippen LogP contribution in [0.15, 0.2) is 97.1 Å². The normalized spacial score (nSPS) is 12.4. The topological polar surface area (TPSA) is 23.8 Å². The molecule has 0 aliphatic carbocycles. The minimum atomic E-state index is 0.780. The first kappa shape index (κ1) is 19.3. The number of rotatable bonds is 0. The van der Waals surface area contributed by atoms with Crippen molar-refractivity contribution in [3.63, 3.8) is 0 Å². The van der Waals surface area contributed by atoms with Crippen molar-refractivity contribution in [2.45, 2.75) is 6.92 Å². The summed E-state index contributed by atoms with van der Waals surface area (Å²) in [5.41, 5.74) is 2.04. The van der Waals surface area contributed by atoms with Gasteiger partial charge in [-0.2, -0.15) is 5.26 Å². The number of fused-ring (bicyclic) bond motifs is 9. The summed E-state index contributed by atoms with van der Waals surface area (Å²) in [7, 11) is 0. The molecular formula is C36H19N. The van der Waals surface area contributed by atoms with Gasteiger partial charge >= 0.3 is 0 Å². The van der Waals surface area contributed by atoms with Gasteiger partial charge in [0.1, 0.15) is 6.07 Å². The molecule has 0 bridgehead atoms. The summed E-state index contributed by atoms with van der Waals surface area (Å²) in [6.07, 6.45) is 0. The Balaban J connectivity index is 1.55. The lowest BCUT2D eigenvalue weighted by atomic mass is 9.96. The van der Waals surface area contributed by atoms with Crippen LogP contribution in [0.4, 0.5) is 0 Å². The average Bonchev–Trinajstić information content (AvgIpc) is 3.41. The first-order chi connectivity index (χ1) is 18.2. The van der Waals surface area contributed by atoms with Gasteiger partial charge in [-0.1, -0.05) is 78.4 Å². The van der Waals surface area contributed by atoms with E-state index in [0.717, 1.165) is 21.7 Å². The molecule has 0 radical (unpaired) electrons. The van der Waals surface area contributed by atoms with E-state index in [9.17, 15) is 5.26 Å². The van der Waals surface area contributed by atoms with Crippen molar-refractivity contribution in [2.24, 2.45) is 0 Å². The fourth-order valence-corrected chi connectivity index (χ4v) is 7.04. The minimum Gasteiger partial charge on any atom is -0.192 e. The average molecular weight is 466 g/mol. The van der Waals surface area contributed by atoms with Crippen molar-refractivity contribution in [3.8, 4) is 6.07 Å². The van der Waals surface area contributed by atoms with Gasteiger partial charge in [0, 0.05) is 10.8 Å². The van der Waals surface area contributed by atoms with Gasteiger partial charge in [0.25, 0.3) is 0 Å². The third-order valence-electron chi connectivity index (χ3n) is 8.57. The predicted octanol–water partition coefficient (Wildman–Crippen LogP) is 9.97. The zero-order valence-corrected chi connectivity index (χ0v) is 20.2. The molecule has 1 nitrogen and oxygen atoms in total. The largest absolute Gasteiger partial charge is 0.192 e. The highest BCUT2D eigenvalue weighted by molar-refractivity contribution is 6.38. The summed E-state index contributed by atoms with van der Waals surface area (Å²) >= 11 is 0. The van der Waals surface area contributed by atoms with Gasteiger partial charge in [0.15, 0.2) is 0 Å². The smallest absolute Gasteiger partial charge is 0.100 e. The van der Waals surface area contributed by atoms with Crippen LogP contribution in [-0.4, -0.2) is 0 Å². The van der Waals surface area contributed by atoms with Crippen LogP contribution in [0.1, 0.15) is 11.1 Å². The van der Waals surface area contributed by atoms with E-state index in [-0.39, 0.29) is 0 Å². The molecule has 0 saturated heterocycles. The fourth-order valence-electron chi connectivity index (χ4n) is 7.04. The lowest BCUT2D eigenvalue weighted by Gasteiger charge is -2.06. The molecule has 0 aliphatic heterocycles. The zero-order valence-electron chi connectivity index (χ0n) is 20.2. The summed E-state index contributed by atoms with van der Waals surface area (Å²) in [6.45, 7) is 2.15. The molecule has 9 aromatic carbocycles. The maximum absolute atomic E-state index is 10.6. The molecule has 0 aromatic heterocycles. The van der Waals surface area contributed by atoms with Crippen LogP contribution >= 0.6 is 0 Å². The van der Waals surface area contributed by atoms with Crippen molar-refractivity contribution in [1.82, 2.24) is 0 Å². The molecule has 9 rings (SSSR count). The SMILES string of the molecule is Cc1ccc2cc3c4cc5cc6c(cc5c(C#N)c4c4cccc(c2c1)c34)c1cccc2cccc6c21. The number of nitrogens with zero attached hydrogens (tertiary/aromatic N) is 1. The molecule has 0 heterocycles. The van der Waals surface area contributed by atoms with Crippen molar-refractivity contribution in [3.05, 3.63) is 108 Å². The molecule has 0 amide bonds. The Hall–Kier alpha value is -4.93. The second kappa shape index (κ2) is 6.44. The highest BCUT2D eigenvalue weighted by Crippen LogP contribution is 2.47. The molecule has 0 fully saturated rings. The van der Waals surface area contributed by atoms with Crippen molar-refractivity contribution in [1.29, 1.82) is 5.26 Å². The Morgan fingerprint density at radius 2 is 1.05 bits per heavy atom. The van der Waals surface area contributed by atoms with E-state index in [2.05, 4.69) is 110 Å². The molecule has 0 N–H and O–H groups in total. The molecule has 9 aromatic rings. The van der Waals surface area contributed by atoms with E-state index >= 15 is 0 Å². The van der Waals surface area contributed by atoms with E-state index in [1.807, 2.05) is 0 Å². The van der Waals surface area contributed by atoms with E-state index in [1.54, 1.807) is 0 Å². The first-order valence-electron chi connectivity index (χ1n) is 12.8. The minimum absolute atomic E-state index is 0.780. The third-order valence-corrected chi connectivity index (χ3v) is 8.57. The van der Waals surface area contributed by atoms with Gasteiger partial charge in [-0.05, 0) is 107 Å². The summed E-state index contributed by atoms with van der Waals surface area (Å²) in [5.74, 6) is 0. The quantitative estimate of drug-likeness (QED) is 0.204. The van der Waals surface area contributed by atoms with Crippen LogP contribution in [0, 0.1) is 18.3 Å². The molecule has 0 unspecified atom stereocenters. The van der Waals surface area contributed by atoms with Gasteiger partial charge in [0.2, 0.25) is 0 Å². The van der Waals surface area contributed by atoms with Gasteiger partial charge in [-0.3, -0.25) is 0 Å². The molecule has 0 atom stereocenters. The summed E-state index contributed by atoms with van der Waals surface area (Å²) in [4.78, 5) is 0. The second-order valence-electron chi connectivity index (χ2n) is 10.5. The van der Waals surface area contributed by atoms with E-state index < -0.39 is 0 Å². The summed E-state index contributed by atoms with van der Waals surface area (Å²) in [5, 5.41) is 30.1. The molecule has 37 heavy (non-hydrogen) atoms. The molecule has 168 valence electrons. The number of aryl methyl sites for hydroxylation is 1. The number of benzene rings is 7. The Labute approximate surface area is 212 Å². The number of nitriles is 1. The fraction of sp³-hybridized carbons (Fsp3) is 0.0278. The Kier molecular flexibility index (Phi) is 3.35. The zero-order chi connectivity index (χ0) is 24.4. The lowest BCUT2D eigenvalue weighted by molar-refractivity contribution is 1.51. The Morgan fingerprint density at radius 1 is 0.432 bits per heavy atom. The van der Waals surface area contributed by atoms with Crippen LogP contribution in [0.2, 0.25) is 0 Å². The summed E-state index contributed by atoms with van der Waals surface area (Å²) in [6, 6.07) is 38.2. The Bertz CT molecular complexity index is 2470. The summed E-state index contributed by atoms with van der Waals surface area (Å²) < 4.78 is 0. The van der Waals surface area contributed by atoms with Crippen LogP contribution in [0.5, 0.6) is 0 Å². The van der Waals surface area contributed by atoms with Gasteiger partial charge < -0.3 is 0 Å². The van der Waals surface area contributed by atoms with Crippen LogP contribution in [0.3, 0.4) is 0 Å². The standard InChI is InChI=1S/C36H19N/c1-19-11-12-21-14-31-32-16-22-15-29-24-7-2-5-20-6-3-8-25(34(20)24)30(29)17-28(22)33(18-37)36(32)26-10-4-9-23(35(26)31)27(21)13-19/h2-17H,1H3. The monoisotopic (exact) mass is 465 g/mol. The van der Waals surface area contributed by atoms with Crippen molar-refractivity contribution in [2.75, 3.05) is 0 Å². The van der Waals surface area contributed by atoms with Crippen LogP contribution < -0.4 is 0 Å². The molecule has 0 saturated carbocycles. The highest BCUT2D eigenvalue weighted by Gasteiger charge is 2.20. The van der Waals surface area contributed by atoms with Gasteiger partial charge in [0.05, 0.1) is 5.56 Å². The van der Waals surface area contributed by atoms with E-state index in [1.165, 1.54) is 75.6 Å². The molecule has 0 spiro atoms. The molecule has 0 aliphatic rings. The first-order valence-corrected chi connectivity index (χ1v) is 12.8. The van der Waals surface area contributed by atoms with E-state index in [4.69, 9.17) is 0 Å². The maximum Gasteiger partial charge on any atom is 0.100 e. The van der Waals surface area contributed by atoms with E-state index in [0.29, 0.717) is 0 Å². The molecular weight excluding hydrogens is 446 g/mol. The number of hydrogen-bond donors (Lipinski definition) is 0. The maximum atomic E-state index is 10.6. The van der Waals surface area contributed by atoms with Crippen molar-refractivity contribution < 1.29 is 0 Å². The van der Waals surface area contributed by atoms with Crippen LogP contribution in [0.25, 0.3) is 86.2 Å². The number of hydrogen-bond acceptors (Lipinski definition) is 1. The third kappa shape index (κ3) is 2.25. The van der Waals surface area contributed by atoms with Gasteiger partial charge in [-0.15, -0.1) is 0 Å².